The van der Waals surface area contributed by atoms with E-state index in [1.165, 1.54) is 12.1 Å². The maximum absolute atomic E-state index is 12.6. The first-order chi connectivity index (χ1) is 14.5. The van der Waals surface area contributed by atoms with Gasteiger partial charge in [0.1, 0.15) is 10.7 Å². The number of rotatable bonds is 7. The number of sulfonamides is 1. The molecule has 2 aromatic heterocycles. The number of pyridine rings is 1. The summed E-state index contributed by atoms with van der Waals surface area (Å²) < 4.78 is 32.7. The molecule has 0 fully saturated rings. The Kier molecular flexibility index (Phi) is 6.35. The third-order valence-corrected chi connectivity index (χ3v) is 6.09. The van der Waals surface area contributed by atoms with Crippen LogP contribution < -0.4 is 15.5 Å². The molecule has 0 amide bonds. The minimum Gasteiger partial charge on any atom is -0.476 e. The lowest BCUT2D eigenvalue weighted by molar-refractivity contribution is 0.0691. The van der Waals surface area contributed by atoms with Gasteiger partial charge >= 0.3 is 5.97 Å². The number of anilines is 1. The summed E-state index contributed by atoms with van der Waals surface area (Å²) in [6.45, 7) is 5.24. The van der Waals surface area contributed by atoms with E-state index < -0.39 is 32.6 Å². The molecule has 0 aliphatic rings. The molecular weight excluding hydrogens is 446 g/mol. The monoisotopic (exact) mass is 465 g/mol. The number of aromatic nitrogens is 1. The first-order valence-corrected chi connectivity index (χ1v) is 11.1. The fourth-order valence-electron chi connectivity index (χ4n) is 3.15. The Labute approximate surface area is 183 Å². The van der Waals surface area contributed by atoms with Crippen LogP contribution >= 0.6 is 11.6 Å². The molecule has 0 radical (unpaired) electrons. The fraction of sp³-hybridized carbons (Fsp3) is 0.250. The molecule has 0 spiro atoms. The van der Waals surface area contributed by atoms with Crippen molar-refractivity contribution in [3.05, 3.63) is 62.5 Å². The van der Waals surface area contributed by atoms with Gasteiger partial charge in [0.2, 0.25) is 5.09 Å². The van der Waals surface area contributed by atoms with Gasteiger partial charge in [0.25, 0.3) is 10.0 Å². The van der Waals surface area contributed by atoms with Crippen LogP contribution in [-0.2, 0) is 10.0 Å². The molecule has 3 N–H and O–H groups in total. The summed E-state index contributed by atoms with van der Waals surface area (Å²) in [5.74, 6) is -1.27. The van der Waals surface area contributed by atoms with Gasteiger partial charge in [-0.1, -0.05) is 24.6 Å². The number of hydrogen-bond donors (Lipinski definition) is 3. The number of carbonyl (C=O) groups is 1. The molecule has 9 nitrogen and oxygen atoms in total. The number of halogens is 1. The standard InChI is InChI=1S/C20H20ClN3O6S/c1-4-22-31(28,29)17-9-15(25)13-8-10(2)7-12(19(13)30-17)11(3)23-14-5-6-16(21)24-18(14)20(26)27/h5-9,11,22-23H,4H2,1-3H3,(H,26,27). The van der Waals surface area contributed by atoms with Crippen LogP contribution in [0.3, 0.4) is 0 Å². The Morgan fingerprint density at radius 1 is 1.29 bits per heavy atom. The van der Waals surface area contributed by atoms with Gasteiger partial charge in [-0.15, -0.1) is 0 Å². The molecular formula is C20H20ClN3O6S. The van der Waals surface area contributed by atoms with Crippen molar-refractivity contribution in [2.24, 2.45) is 0 Å². The predicted molar refractivity (Wildman–Crippen MR) is 116 cm³/mol. The summed E-state index contributed by atoms with van der Waals surface area (Å²) in [6, 6.07) is 6.63. The van der Waals surface area contributed by atoms with E-state index in [1.54, 1.807) is 32.9 Å². The zero-order valence-electron chi connectivity index (χ0n) is 16.9. The first-order valence-electron chi connectivity index (χ1n) is 9.28. The number of benzene rings is 1. The predicted octanol–water partition coefficient (Wildman–Crippen LogP) is 3.32. The zero-order valence-corrected chi connectivity index (χ0v) is 18.5. The lowest BCUT2D eigenvalue weighted by Crippen LogP contribution is -2.24. The van der Waals surface area contributed by atoms with Gasteiger partial charge in [0, 0.05) is 18.2 Å². The Hall–Kier alpha value is -2.95. The minimum atomic E-state index is -4.00. The fourth-order valence-corrected chi connectivity index (χ4v) is 4.28. The number of hydrogen-bond acceptors (Lipinski definition) is 7. The van der Waals surface area contributed by atoms with Crippen LogP contribution in [0.15, 0.2) is 44.6 Å². The number of fused-ring (bicyclic) bond motifs is 1. The van der Waals surface area contributed by atoms with Gasteiger partial charge in [-0.3, -0.25) is 4.79 Å². The first kappa shape index (κ1) is 22.7. The number of aryl methyl sites for hydroxylation is 1. The van der Waals surface area contributed by atoms with Crippen molar-refractivity contribution in [1.29, 1.82) is 0 Å². The van der Waals surface area contributed by atoms with Crippen LogP contribution in [-0.4, -0.2) is 31.0 Å². The molecule has 31 heavy (non-hydrogen) atoms. The maximum Gasteiger partial charge on any atom is 0.356 e. The van der Waals surface area contributed by atoms with Gasteiger partial charge in [-0.05, 0) is 37.6 Å². The van der Waals surface area contributed by atoms with Crippen LogP contribution in [0.2, 0.25) is 5.15 Å². The lowest BCUT2D eigenvalue weighted by atomic mass is 10.0. The molecule has 0 saturated carbocycles. The van der Waals surface area contributed by atoms with Crippen LogP contribution in [0.5, 0.6) is 0 Å². The third-order valence-electron chi connectivity index (χ3n) is 4.48. The minimum absolute atomic E-state index is 0.0286. The molecule has 11 heteroatoms. The van der Waals surface area contributed by atoms with E-state index in [1.807, 2.05) is 0 Å². The van der Waals surface area contributed by atoms with E-state index in [2.05, 4.69) is 15.0 Å². The second kappa shape index (κ2) is 8.66. The van der Waals surface area contributed by atoms with Gasteiger partial charge in [-0.25, -0.2) is 22.9 Å². The Morgan fingerprint density at radius 3 is 2.65 bits per heavy atom. The quantitative estimate of drug-likeness (QED) is 0.451. The highest BCUT2D eigenvalue weighted by Gasteiger charge is 2.22. The molecule has 1 aromatic carbocycles. The highest BCUT2D eigenvalue weighted by molar-refractivity contribution is 7.89. The number of nitrogens with one attached hydrogen (secondary N) is 2. The van der Waals surface area contributed by atoms with Gasteiger partial charge < -0.3 is 14.8 Å². The molecule has 164 valence electrons. The van der Waals surface area contributed by atoms with Crippen molar-refractivity contribution in [3.8, 4) is 0 Å². The van der Waals surface area contributed by atoms with Crippen LogP contribution in [0.25, 0.3) is 11.0 Å². The summed E-state index contributed by atoms with van der Waals surface area (Å²) in [5.41, 5.74) is 0.749. The van der Waals surface area contributed by atoms with Crippen LogP contribution in [0, 0.1) is 6.92 Å². The maximum atomic E-state index is 12.6. The number of carboxylic acids is 1. The van der Waals surface area contributed by atoms with Crippen molar-refractivity contribution < 1.29 is 22.7 Å². The molecule has 3 rings (SSSR count). The van der Waals surface area contributed by atoms with Crippen LogP contribution in [0.4, 0.5) is 5.69 Å². The third kappa shape index (κ3) is 4.71. The number of carboxylic acid groups (broad SMARTS) is 1. The molecule has 1 atom stereocenters. The van der Waals surface area contributed by atoms with E-state index in [9.17, 15) is 23.1 Å². The smallest absolute Gasteiger partial charge is 0.356 e. The molecule has 2 heterocycles. The topological polar surface area (TPSA) is 139 Å². The highest BCUT2D eigenvalue weighted by atomic mass is 35.5. The summed E-state index contributed by atoms with van der Waals surface area (Å²) >= 11 is 5.80. The molecule has 0 aliphatic heterocycles. The molecule has 0 aliphatic carbocycles. The summed E-state index contributed by atoms with van der Waals surface area (Å²) in [4.78, 5) is 28.0. The number of nitrogens with zero attached hydrogens (tertiary/aromatic N) is 1. The van der Waals surface area contributed by atoms with Gasteiger partial charge in [-0.2, -0.15) is 0 Å². The SMILES string of the molecule is CCNS(=O)(=O)c1cc(=O)c2cc(C)cc(C(C)Nc3ccc(Cl)nc3C(=O)O)c2o1. The lowest BCUT2D eigenvalue weighted by Gasteiger charge is -2.19. The Balaban J connectivity index is 2.17. The van der Waals surface area contributed by atoms with Crippen molar-refractivity contribution in [1.82, 2.24) is 9.71 Å². The van der Waals surface area contributed by atoms with E-state index >= 15 is 0 Å². The zero-order chi connectivity index (χ0) is 22.9. The summed E-state index contributed by atoms with van der Waals surface area (Å²) in [7, 11) is -4.00. The normalized spacial score (nSPS) is 12.6. The van der Waals surface area contributed by atoms with Crippen molar-refractivity contribution in [3.63, 3.8) is 0 Å². The number of aromatic carboxylic acids is 1. The van der Waals surface area contributed by atoms with Gasteiger partial charge in [0.05, 0.1) is 17.1 Å². The molecule has 1 unspecified atom stereocenters. The Morgan fingerprint density at radius 2 is 2.00 bits per heavy atom. The van der Waals surface area contributed by atoms with Crippen molar-refractivity contribution in [2.45, 2.75) is 31.9 Å². The average molecular weight is 466 g/mol. The van der Waals surface area contributed by atoms with E-state index in [0.717, 1.165) is 11.6 Å². The van der Waals surface area contributed by atoms with Gasteiger partial charge in [0.15, 0.2) is 11.1 Å². The van der Waals surface area contributed by atoms with E-state index in [-0.39, 0.29) is 34.0 Å². The molecule has 3 aromatic rings. The van der Waals surface area contributed by atoms with E-state index in [0.29, 0.717) is 5.56 Å². The second-order valence-electron chi connectivity index (χ2n) is 6.86. The van der Waals surface area contributed by atoms with Crippen molar-refractivity contribution in [2.75, 3.05) is 11.9 Å². The molecule has 0 saturated heterocycles. The summed E-state index contributed by atoms with van der Waals surface area (Å²) in [5, 5.41) is 12.2. The summed E-state index contributed by atoms with van der Waals surface area (Å²) in [6.07, 6.45) is 0. The van der Waals surface area contributed by atoms with E-state index in [4.69, 9.17) is 16.0 Å². The second-order valence-corrected chi connectivity index (χ2v) is 8.95. The Bertz CT molecular complexity index is 1340. The highest BCUT2D eigenvalue weighted by Crippen LogP contribution is 2.30. The largest absolute Gasteiger partial charge is 0.476 e. The van der Waals surface area contributed by atoms with Crippen molar-refractivity contribution >= 4 is 44.3 Å². The molecule has 0 bridgehead atoms. The average Bonchev–Trinajstić information content (AvgIpc) is 2.68. The van der Waals surface area contributed by atoms with Crippen LogP contribution in [0.1, 0.15) is 41.5 Å².